The molecule has 9 aromatic carbocycles. The largest absolute Gasteiger partial charge is 0.309 e. The molecule has 302 valence electrons. The van der Waals surface area contributed by atoms with Crippen molar-refractivity contribution < 1.29 is 0 Å². The number of para-hydroxylation sites is 2. The summed E-state index contributed by atoms with van der Waals surface area (Å²) in [5.74, 6) is 0. The van der Waals surface area contributed by atoms with Crippen LogP contribution in [-0.2, 0) is 5.41 Å². The Balaban J connectivity index is 1.17. The van der Waals surface area contributed by atoms with Gasteiger partial charge >= 0.3 is 0 Å². The number of fused-ring (bicyclic) bond motifs is 9. The van der Waals surface area contributed by atoms with E-state index >= 15 is 0 Å². The number of aromatic nitrogens is 2. The molecule has 0 saturated heterocycles. The van der Waals surface area contributed by atoms with E-state index in [0.29, 0.717) is 0 Å². The van der Waals surface area contributed by atoms with Crippen LogP contribution in [0, 0.1) is 0 Å². The van der Waals surface area contributed by atoms with Crippen molar-refractivity contribution in [3.05, 3.63) is 230 Å². The maximum atomic E-state index is 2.57. The summed E-state index contributed by atoms with van der Waals surface area (Å²) in [7, 11) is 0. The highest BCUT2D eigenvalue weighted by Crippen LogP contribution is 2.61. The van der Waals surface area contributed by atoms with Gasteiger partial charge in [-0.15, -0.1) is 11.3 Å². The molecule has 13 rings (SSSR count). The maximum Gasteiger partial charge on any atom is 0.0541 e. The fourth-order valence-corrected chi connectivity index (χ4v) is 12.4. The summed E-state index contributed by atoms with van der Waals surface area (Å²) in [5, 5.41) is 4.99. The van der Waals surface area contributed by atoms with Gasteiger partial charge in [-0.2, -0.15) is 0 Å². The zero-order valence-electron chi connectivity index (χ0n) is 35.6. The Labute approximate surface area is 376 Å². The molecule has 0 aliphatic heterocycles. The molecule has 12 aromatic rings. The average molecular weight is 835 g/mol. The number of hydrogen-bond donors (Lipinski definition) is 0. The zero-order chi connectivity index (χ0) is 42.5. The van der Waals surface area contributed by atoms with Gasteiger partial charge in [-0.1, -0.05) is 184 Å². The van der Waals surface area contributed by atoms with E-state index in [9.17, 15) is 0 Å². The molecule has 0 unspecified atom stereocenters. The quantitative estimate of drug-likeness (QED) is 0.158. The Bertz CT molecular complexity index is 3780. The van der Waals surface area contributed by atoms with Crippen molar-refractivity contribution in [1.82, 2.24) is 9.13 Å². The average Bonchev–Trinajstić information content (AvgIpc) is 4.08. The van der Waals surface area contributed by atoms with E-state index in [1.807, 2.05) is 11.3 Å². The van der Waals surface area contributed by atoms with Gasteiger partial charge in [-0.25, -0.2) is 0 Å². The molecule has 3 aromatic heterocycles. The lowest BCUT2D eigenvalue weighted by molar-refractivity contribution is 0.660. The number of benzene rings is 9. The molecule has 0 radical (unpaired) electrons. The molecule has 0 saturated carbocycles. The minimum absolute atomic E-state index is 0.347. The number of thiophene rings is 1. The van der Waals surface area contributed by atoms with Crippen LogP contribution in [0.3, 0.4) is 0 Å². The van der Waals surface area contributed by atoms with Gasteiger partial charge in [0.2, 0.25) is 0 Å². The molecule has 0 N–H and O–H groups in total. The van der Waals surface area contributed by atoms with E-state index in [1.54, 1.807) is 0 Å². The van der Waals surface area contributed by atoms with Gasteiger partial charge in [0.05, 0.1) is 27.8 Å². The topological polar surface area (TPSA) is 9.86 Å². The molecule has 3 heterocycles. The number of hydrogen-bond acceptors (Lipinski definition) is 1. The molecule has 3 heteroatoms. The first-order chi connectivity index (χ1) is 31.5. The fourth-order valence-electron chi connectivity index (χ4n) is 10.9. The Kier molecular flexibility index (Phi) is 8.16. The maximum absolute atomic E-state index is 2.57. The Morgan fingerprint density at radius 2 is 0.781 bits per heavy atom. The lowest BCUT2D eigenvalue weighted by Crippen LogP contribution is -2.19. The monoisotopic (exact) mass is 834 g/mol. The van der Waals surface area contributed by atoms with E-state index < -0.39 is 0 Å². The van der Waals surface area contributed by atoms with Crippen LogP contribution < -0.4 is 0 Å². The third kappa shape index (κ3) is 5.44. The lowest BCUT2D eigenvalue weighted by Gasteiger charge is -2.27. The molecule has 0 amide bonds. The smallest absolute Gasteiger partial charge is 0.0541 e. The van der Waals surface area contributed by atoms with Gasteiger partial charge in [-0.05, 0) is 98.6 Å². The first kappa shape index (κ1) is 36.9. The van der Waals surface area contributed by atoms with Crippen LogP contribution in [0.25, 0.3) is 109 Å². The predicted molar refractivity (Wildman–Crippen MR) is 272 cm³/mol. The Morgan fingerprint density at radius 3 is 1.33 bits per heavy atom. The third-order valence-corrected chi connectivity index (χ3v) is 14.9. The highest BCUT2D eigenvalue weighted by molar-refractivity contribution is 7.19. The summed E-state index contributed by atoms with van der Waals surface area (Å²) in [5.41, 5.74) is 19.6. The molecular formula is C61H42N2S. The number of nitrogens with zero attached hydrogens (tertiary/aromatic N) is 2. The Morgan fingerprint density at radius 1 is 0.344 bits per heavy atom. The summed E-state index contributed by atoms with van der Waals surface area (Å²) in [6.07, 6.45) is 0. The first-order valence-electron chi connectivity index (χ1n) is 22.2. The molecule has 1 aliphatic carbocycles. The predicted octanol–water partition coefficient (Wildman–Crippen LogP) is 16.9. The van der Waals surface area contributed by atoms with Gasteiger partial charge < -0.3 is 9.13 Å². The molecule has 0 spiro atoms. The van der Waals surface area contributed by atoms with Gasteiger partial charge in [-0.3, -0.25) is 0 Å². The number of rotatable bonds is 6. The lowest BCUT2D eigenvalue weighted by atomic mass is 9.80. The highest BCUT2D eigenvalue weighted by atomic mass is 32.1. The van der Waals surface area contributed by atoms with Crippen LogP contribution in [0.2, 0.25) is 0 Å². The van der Waals surface area contributed by atoms with E-state index in [0.717, 1.165) is 5.69 Å². The fraction of sp³-hybridized carbons (Fsp3) is 0.0492. The zero-order valence-corrected chi connectivity index (χ0v) is 36.4. The van der Waals surface area contributed by atoms with Crippen LogP contribution in [0.1, 0.15) is 25.0 Å². The normalized spacial score (nSPS) is 13.0. The van der Waals surface area contributed by atoms with Crippen molar-refractivity contribution in [3.63, 3.8) is 0 Å². The van der Waals surface area contributed by atoms with Gasteiger partial charge in [0.25, 0.3) is 0 Å². The van der Waals surface area contributed by atoms with Crippen LogP contribution in [0.15, 0.2) is 218 Å². The molecular weight excluding hydrogens is 793 g/mol. The summed E-state index contributed by atoms with van der Waals surface area (Å²) in [4.78, 5) is 2.65. The molecule has 0 atom stereocenters. The third-order valence-electron chi connectivity index (χ3n) is 13.7. The second-order valence-electron chi connectivity index (χ2n) is 17.7. The van der Waals surface area contributed by atoms with Gasteiger partial charge in [0, 0.05) is 48.0 Å². The van der Waals surface area contributed by atoms with Crippen LogP contribution in [0.5, 0.6) is 0 Å². The summed E-state index contributed by atoms with van der Waals surface area (Å²) >= 11 is 1.94. The summed E-state index contributed by atoms with van der Waals surface area (Å²) in [6, 6.07) is 80.6. The van der Waals surface area contributed by atoms with E-state index in [1.165, 1.54) is 115 Å². The van der Waals surface area contributed by atoms with Crippen molar-refractivity contribution >= 4 is 54.9 Å². The molecule has 0 fully saturated rings. The standard InChI is InChI=1S/C61H42N2S/c1-61(2)57-50(56-58(61)60(42-25-13-6-14-26-42)64-59(56)41-23-11-5-12-24-41)37-45(62-51-29-17-15-27-46(51)48-35-43(31-33-53(48)62)39-19-7-3-8-20-39)38-55(57)63-52-30-18-16-28-47(52)49-36-44(32-34-54(49)63)40-21-9-4-10-22-40/h3-38H,1-2H3. The van der Waals surface area contributed by atoms with Crippen molar-refractivity contribution in [2.24, 2.45) is 0 Å². The summed E-state index contributed by atoms with van der Waals surface area (Å²) < 4.78 is 5.09. The van der Waals surface area contributed by atoms with E-state index in [2.05, 4.69) is 241 Å². The molecule has 1 aliphatic rings. The molecule has 2 nitrogen and oxygen atoms in total. The van der Waals surface area contributed by atoms with Gasteiger partial charge in [0.1, 0.15) is 0 Å². The van der Waals surface area contributed by atoms with Crippen molar-refractivity contribution in [1.29, 1.82) is 0 Å². The van der Waals surface area contributed by atoms with Crippen LogP contribution in [-0.4, -0.2) is 9.13 Å². The van der Waals surface area contributed by atoms with Gasteiger partial charge in [0.15, 0.2) is 0 Å². The van der Waals surface area contributed by atoms with E-state index in [-0.39, 0.29) is 5.41 Å². The first-order valence-corrected chi connectivity index (χ1v) is 23.0. The van der Waals surface area contributed by atoms with Crippen LogP contribution in [0.4, 0.5) is 0 Å². The summed E-state index contributed by atoms with van der Waals surface area (Å²) in [6.45, 7) is 4.92. The second kappa shape index (κ2) is 14.2. The molecule has 0 bridgehead atoms. The second-order valence-corrected chi connectivity index (χ2v) is 18.7. The van der Waals surface area contributed by atoms with Crippen LogP contribution >= 0.6 is 11.3 Å². The highest BCUT2D eigenvalue weighted by Gasteiger charge is 2.44. The van der Waals surface area contributed by atoms with Crippen molar-refractivity contribution in [2.45, 2.75) is 19.3 Å². The molecule has 64 heavy (non-hydrogen) atoms. The van der Waals surface area contributed by atoms with Crippen molar-refractivity contribution in [2.75, 3.05) is 0 Å². The minimum Gasteiger partial charge on any atom is -0.309 e. The Hall–Kier alpha value is -7.72. The van der Waals surface area contributed by atoms with Crippen molar-refractivity contribution in [3.8, 4) is 65.6 Å². The minimum atomic E-state index is -0.347. The SMILES string of the molecule is CC1(C)c2c(cc(-n3c4ccccc4c4cc(-c5ccccc5)ccc43)cc2-n2c3ccccc3c3cc(-c4ccccc4)ccc32)-c2c(-c3ccccc3)sc(-c3ccccc3)c21. The van der Waals surface area contributed by atoms with E-state index in [4.69, 9.17) is 0 Å².